The second kappa shape index (κ2) is 11.9. The van der Waals surface area contributed by atoms with Crippen molar-refractivity contribution in [2.45, 2.75) is 6.61 Å². The summed E-state index contributed by atoms with van der Waals surface area (Å²) in [6.07, 6.45) is 1.62. The van der Waals surface area contributed by atoms with Gasteiger partial charge in [-0.1, -0.05) is 29.8 Å². The number of rotatable bonds is 7. The fourth-order valence-corrected chi connectivity index (χ4v) is 6.39. The standard InChI is InChI=1S/C25H16ClFI2N2O4S/c26-18-4-2-1-3-15(18)13-35-23-19(28)9-14(10-20(23)29)11-21-24(33)31(25(34)36-21)12-22(32)30-17-7-5-16(27)6-8-17/h1-11H,12-13H2,(H,30,32)/b21-11-. The van der Waals surface area contributed by atoms with Gasteiger partial charge in [-0.15, -0.1) is 0 Å². The lowest BCUT2D eigenvalue weighted by atomic mass is 10.2. The molecule has 0 atom stereocenters. The first-order valence-electron chi connectivity index (χ1n) is 10.4. The van der Waals surface area contributed by atoms with Crippen LogP contribution in [0.4, 0.5) is 14.9 Å². The fraction of sp³-hybridized carbons (Fsp3) is 0.0800. The van der Waals surface area contributed by atoms with E-state index in [4.69, 9.17) is 16.3 Å². The van der Waals surface area contributed by atoms with E-state index in [2.05, 4.69) is 50.5 Å². The molecule has 3 amide bonds. The average Bonchev–Trinajstić information content (AvgIpc) is 3.08. The zero-order chi connectivity index (χ0) is 25.8. The lowest BCUT2D eigenvalue weighted by molar-refractivity contribution is -0.127. The monoisotopic (exact) mass is 748 g/mol. The van der Waals surface area contributed by atoms with Crippen molar-refractivity contribution >= 4 is 97.4 Å². The molecule has 1 aliphatic heterocycles. The number of amides is 3. The number of ether oxygens (including phenoxy) is 1. The summed E-state index contributed by atoms with van der Waals surface area (Å²) in [5.74, 6) is -0.856. The number of halogens is 4. The Morgan fingerprint density at radius 3 is 2.42 bits per heavy atom. The van der Waals surface area contributed by atoms with E-state index < -0.39 is 29.4 Å². The van der Waals surface area contributed by atoms with Gasteiger partial charge >= 0.3 is 0 Å². The van der Waals surface area contributed by atoms with Crippen molar-refractivity contribution in [2.75, 3.05) is 11.9 Å². The van der Waals surface area contributed by atoms with Gasteiger partial charge in [0.1, 0.15) is 24.7 Å². The Labute approximate surface area is 242 Å². The number of anilines is 1. The van der Waals surface area contributed by atoms with Crippen molar-refractivity contribution in [1.82, 2.24) is 4.90 Å². The smallest absolute Gasteiger partial charge is 0.294 e. The van der Waals surface area contributed by atoms with E-state index in [0.29, 0.717) is 23.1 Å². The molecule has 4 rings (SSSR count). The molecule has 1 N–H and O–H groups in total. The van der Waals surface area contributed by atoms with Gasteiger partial charge in [0.15, 0.2) is 0 Å². The lowest BCUT2D eigenvalue weighted by Crippen LogP contribution is -2.36. The van der Waals surface area contributed by atoms with Crippen molar-refractivity contribution in [3.05, 3.63) is 94.7 Å². The molecule has 0 aromatic heterocycles. The third kappa shape index (κ3) is 6.58. The van der Waals surface area contributed by atoms with Gasteiger partial charge in [0.25, 0.3) is 11.1 Å². The molecule has 3 aromatic carbocycles. The van der Waals surface area contributed by atoms with Gasteiger partial charge in [0.05, 0.1) is 12.0 Å². The van der Waals surface area contributed by atoms with E-state index in [1.54, 1.807) is 12.1 Å². The minimum absolute atomic E-state index is 0.214. The van der Waals surface area contributed by atoms with Crippen LogP contribution in [0.1, 0.15) is 11.1 Å². The number of imide groups is 1. The molecular weight excluding hydrogens is 733 g/mol. The van der Waals surface area contributed by atoms with Gasteiger partial charge in [-0.3, -0.25) is 19.3 Å². The van der Waals surface area contributed by atoms with Crippen LogP contribution in [0.25, 0.3) is 6.08 Å². The minimum Gasteiger partial charge on any atom is -0.487 e. The normalized spacial score (nSPS) is 14.4. The van der Waals surface area contributed by atoms with Crippen LogP contribution in [0.15, 0.2) is 65.6 Å². The number of hydrogen-bond acceptors (Lipinski definition) is 5. The first kappa shape index (κ1) is 26.9. The van der Waals surface area contributed by atoms with E-state index in [1.165, 1.54) is 24.3 Å². The van der Waals surface area contributed by atoms with Gasteiger partial charge in [-0.25, -0.2) is 4.39 Å². The third-order valence-electron chi connectivity index (χ3n) is 4.95. The quantitative estimate of drug-likeness (QED) is 0.210. The minimum atomic E-state index is -0.561. The van der Waals surface area contributed by atoms with Crippen LogP contribution in [-0.2, 0) is 16.2 Å². The number of nitrogens with one attached hydrogen (secondary N) is 1. The van der Waals surface area contributed by atoms with Gasteiger partial charge in [0, 0.05) is 16.3 Å². The van der Waals surface area contributed by atoms with Crippen LogP contribution in [0.3, 0.4) is 0 Å². The molecule has 11 heteroatoms. The van der Waals surface area contributed by atoms with Crippen LogP contribution in [0, 0.1) is 13.0 Å². The number of carbonyl (C=O) groups is 3. The van der Waals surface area contributed by atoms with E-state index in [9.17, 15) is 18.8 Å². The van der Waals surface area contributed by atoms with Crippen LogP contribution < -0.4 is 10.1 Å². The molecule has 0 aliphatic carbocycles. The van der Waals surface area contributed by atoms with Crippen molar-refractivity contribution < 1.29 is 23.5 Å². The molecule has 6 nitrogen and oxygen atoms in total. The van der Waals surface area contributed by atoms with Crippen LogP contribution in [-0.4, -0.2) is 28.5 Å². The fourth-order valence-electron chi connectivity index (χ4n) is 3.23. The Morgan fingerprint density at radius 2 is 1.75 bits per heavy atom. The summed E-state index contributed by atoms with van der Waals surface area (Å²) in [5, 5.41) is 2.63. The van der Waals surface area contributed by atoms with Crippen molar-refractivity contribution in [3.8, 4) is 5.75 Å². The Bertz CT molecular complexity index is 1360. The predicted molar refractivity (Wildman–Crippen MR) is 155 cm³/mol. The Balaban J connectivity index is 1.44. The zero-order valence-corrected chi connectivity index (χ0v) is 24.2. The van der Waals surface area contributed by atoms with Crippen molar-refractivity contribution in [2.24, 2.45) is 0 Å². The summed E-state index contributed by atoms with van der Waals surface area (Å²) in [6, 6.07) is 16.3. The maximum Gasteiger partial charge on any atom is 0.294 e. The third-order valence-corrected chi connectivity index (χ3v) is 7.83. The maximum atomic E-state index is 13.0. The van der Waals surface area contributed by atoms with Gasteiger partial charge in [0.2, 0.25) is 5.91 Å². The number of nitrogens with zero attached hydrogens (tertiary/aromatic N) is 1. The first-order valence-corrected chi connectivity index (χ1v) is 13.7. The molecule has 184 valence electrons. The van der Waals surface area contributed by atoms with E-state index in [1.807, 2.05) is 30.3 Å². The molecule has 1 aliphatic rings. The van der Waals surface area contributed by atoms with Crippen molar-refractivity contribution in [1.29, 1.82) is 0 Å². The summed E-state index contributed by atoms with van der Waals surface area (Å²) < 4.78 is 20.7. The number of hydrogen-bond donors (Lipinski definition) is 1. The van der Waals surface area contributed by atoms with E-state index >= 15 is 0 Å². The molecule has 1 heterocycles. The molecule has 0 saturated carbocycles. The maximum absolute atomic E-state index is 13.0. The summed E-state index contributed by atoms with van der Waals surface area (Å²) in [4.78, 5) is 38.7. The predicted octanol–water partition coefficient (Wildman–Crippen LogP) is 6.94. The molecule has 0 radical (unpaired) electrons. The SMILES string of the molecule is O=C(CN1C(=O)S/C(=C\c2cc(I)c(OCc3ccccc3Cl)c(I)c2)C1=O)Nc1ccc(F)cc1. The van der Waals surface area contributed by atoms with Gasteiger partial charge in [-0.2, -0.15) is 0 Å². The molecule has 3 aromatic rings. The molecule has 0 spiro atoms. The Hall–Kier alpha value is -2.16. The summed E-state index contributed by atoms with van der Waals surface area (Å²) >= 11 is 11.3. The molecule has 0 unspecified atom stereocenters. The van der Waals surface area contributed by atoms with Crippen LogP contribution >= 0.6 is 68.5 Å². The molecule has 36 heavy (non-hydrogen) atoms. The van der Waals surface area contributed by atoms with Gasteiger partial charge in [-0.05, 0) is 111 Å². The zero-order valence-electron chi connectivity index (χ0n) is 18.3. The Morgan fingerprint density at radius 1 is 1.08 bits per heavy atom. The molecule has 1 saturated heterocycles. The second-order valence-corrected chi connectivity index (χ2v) is 11.2. The number of thioether (sulfide) groups is 1. The van der Waals surface area contributed by atoms with Crippen LogP contribution in [0.5, 0.6) is 5.75 Å². The highest BCUT2D eigenvalue weighted by molar-refractivity contribution is 14.1. The first-order chi connectivity index (χ1) is 17.2. The number of benzene rings is 3. The van der Waals surface area contributed by atoms with Gasteiger partial charge < -0.3 is 10.1 Å². The summed E-state index contributed by atoms with van der Waals surface area (Å²) in [7, 11) is 0. The van der Waals surface area contributed by atoms with E-state index in [0.717, 1.165) is 34.9 Å². The molecular formula is C25H16ClFI2N2O4S. The highest BCUT2D eigenvalue weighted by atomic mass is 127. The Kier molecular flexibility index (Phi) is 8.91. The lowest BCUT2D eigenvalue weighted by Gasteiger charge is -2.13. The second-order valence-electron chi connectivity index (χ2n) is 7.52. The highest BCUT2D eigenvalue weighted by Gasteiger charge is 2.36. The topological polar surface area (TPSA) is 75.7 Å². The van der Waals surface area contributed by atoms with E-state index in [-0.39, 0.29) is 4.91 Å². The molecule has 0 bridgehead atoms. The number of carbonyl (C=O) groups excluding carboxylic acids is 3. The summed E-state index contributed by atoms with van der Waals surface area (Å²) in [5.41, 5.74) is 1.95. The van der Waals surface area contributed by atoms with Crippen molar-refractivity contribution in [3.63, 3.8) is 0 Å². The highest BCUT2D eigenvalue weighted by Crippen LogP contribution is 2.35. The largest absolute Gasteiger partial charge is 0.487 e. The average molecular weight is 749 g/mol. The molecule has 1 fully saturated rings. The van der Waals surface area contributed by atoms with Crippen LogP contribution in [0.2, 0.25) is 5.02 Å². The summed E-state index contributed by atoms with van der Waals surface area (Å²) in [6.45, 7) is -0.132.